The van der Waals surface area contributed by atoms with E-state index >= 15 is 0 Å². The fourth-order valence-electron chi connectivity index (χ4n) is 1.54. The molecule has 6 heteroatoms. The fraction of sp³-hybridized carbons (Fsp3) is 0.462. The Labute approximate surface area is 109 Å². The summed E-state index contributed by atoms with van der Waals surface area (Å²) in [5, 5.41) is 2.70. The lowest BCUT2D eigenvalue weighted by atomic mass is 10.1. The third kappa shape index (κ3) is 4.55. The van der Waals surface area contributed by atoms with Crippen molar-refractivity contribution in [2.75, 3.05) is 13.7 Å². The van der Waals surface area contributed by atoms with Gasteiger partial charge >= 0.3 is 6.18 Å². The van der Waals surface area contributed by atoms with E-state index in [1.807, 2.05) is 6.92 Å². The van der Waals surface area contributed by atoms with E-state index in [2.05, 4.69) is 5.32 Å². The van der Waals surface area contributed by atoms with Gasteiger partial charge in [0.2, 0.25) is 0 Å². The first-order chi connectivity index (χ1) is 8.88. The fourth-order valence-corrected chi connectivity index (χ4v) is 1.54. The van der Waals surface area contributed by atoms with Crippen molar-refractivity contribution >= 4 is 5.91 Å². The highest BCUT2D eigenvalue weighted by Gasteiger charge is 2.30. The second-order valence-electron chi connectivity index (χ2n) is 4.11. The molecule has 0 unspecified atom stereocenters. The summed E-state index contributed by atoms with van der Waals surface area (Å²) in [6, 6.07) is 3.97. The predicted molar refractivity (Wildman–Crippen MR) is 64.9 cm³/mol. The van der Waals surface area contributed by atoms with Crippen LogP contribution in [0.1, 0.15) is 29.3 Å². The molecule has 0 aromatic heterocycles. The van der Waals surface area contributed by atoms with Crippen LogP contribution in [0.5, 0.6) is 0 Å². The summed E-state index contributed by atoms with van der Waals surface area (Å²) in [4.78, 5) is 11.8. The maximum atomic E-state index is 12.4. The molecule has 0 fully saturated rings. The highest BCUT2D eigenvalue weighted by Crippen LogP contribution is 2.29. The maximum Gasteiger partial charge on any atom is 0.416 e. The second kappa shape index (κ2) is 6.56. The minimum atomic E-state index is -4.39. The van der Waals surface area contributed by atoms with Crippen LogP contribution in [0.4, 0.5) is 13.2 Å². The Hall–Kier alpha value is -1.56. The number of nitrogens with one attached hydrogen (secondary N) is 1. The van der Waals surface area contributed by atoms with Crippen LogP contribution < -0.4 is 5.32 Å². The zero-order valence-corrected chi connectivity index (χ0v) is 10.8. The van der Waals surface area contributed by atoms with Gasteiger partial charge in [0, 0.05) is 12.7 Å². The van der Waals surface area contributed by atoms with Gasteiger partial charge < -0.3 is 10.1 Å². The number of rotatable bonds is 5. The molecule has 1 atom stereocenters. The Morgan fingerprint density at radius 2 is 1.89 bits per heavy atom. The Kier molecular flexibility index (Phi) is 5.35. The van der Waals surface area contributed by atoms with Gasteiger partial charge in [0.05, 0.1) is 18.2 Å². The molecule has 0 aliphatic carbocycles. The molecular formula is C13H16F3NO2. The highest BCUT2D eigenvalue weighted by atomic mass is 19.4. The number of hydrogen-bond donors (Lipinski definition) is 1. The zero-order valence-electron chi connectivity index (χ0n) is 10.8. The Morgan fingerprint density at radius 3 is 2.32 bits per heavy atom. The molecule has 0 saturated carbocycles. The quantitative estimate of drug-likeness (QED) is 0.897. The monoisotopic (exact) mass is 275 g/mol. The van der Waals surface area contributed by atoms with E-state index < -0.39 is 17.6 Å². The van der Waals surface area contributed by atoms with E-state index in [1.54, 1.807) is 0 Å². The maximum absolute atomic E-state index is 12.4. The second-order valence-corrected chi connectivity index (χ2v) is 4.11. The Bertz CT molecular complexity index is 415. The molecule has 1 aromatic carbocycles. The van der Waals surface area contributed by atoms with Gasteiger partial charge in [0.25, 0.3) is 5.91 Å². The Morgan fingerprint density at radius 1 is 1.32 bits per heavy atom. The number of carbonyl (C=O) groups excluding carboxylic acids is 1. The van der Waals surface area contributed by atoms with Gasteiger partial charge in [0.1, 0.15) is 0 Å². The summed E-state index contributed by atoms with van der Waals surface area (Å²) >= 11 is 0. The molecule has 0 spiro atoms. The van der Waals surface area contributed by atoms with Gasteiger partial charge in [-0.2, -0.15) is 13.2 Å². The predicted octanol–water partition coefficient (Wildman–Crippen LogP) is 2.86. The molecule has 106 valence electrons. The minimum Gasteiger partial charge on any atom is -0.383 e. The smallest absolute Gasteiger partial charge is 0.383 e. The third-order valence-electron chi connectivity index (χ3n) is 2.67. The van der Waals surface area contributed by atoms with Crippen LogP contribution in [0.15, 0.2) is 24.3 Å². The van der Waals surface area contributed by atoms with Crippen molar-refractivity contribution in [3.05, 3.63) is 35.4 Å². The van der Waals surface area contributed by atoms with E-state index in [9.17, 15) is 18.0 Å². The molecule has 0 bridgehead atoms. The molecule has 0 aliphatic heterocycles. The van der Waals surface area contributed by atoms with Crippen molar-refractivity contribution in [3.8, 4) is 0 Å². The number of halogens is 3. The van der Waals surface area contributed by atoms with Crippen LogP contribution in [0.2, 0.25) is 0 Å². The van der Waals surface area contributed by atoms with Gasteiger partial charge in [0.15, 0.2) is 0 Å². The topological polar surface area (TPSA) is 38.3 Å². The summed E-state index contributed by atoms with van der Waals surface area (Å²) < 4.78 is 42.0. The van der Waals surface area contributed by atoms with E-state index in [-0.39, 0.29) is 11.6 Å². The molecule has 1 amide bonds. The lowest BCUT2D eigenvalue weighted by molar-refractivity contribution is -0.137. The number of amides is 1. The van der Waals surface area contributed by atoms with E-state index in [0.29, 0.717) is 13.0 Å². The van der Waals surface area contributed by atoms with Gasteiger partial charge in [-0.3, -0.25) is 4.79 Å². The summed E-state index contributed by atoms with van der Waals surface area (Å²) in [6.07, 6.45) is -3.71. The standard InChI is InChI=1S/C13H16F3NO2/c1-3-11(8-19-2)17-12(18)9-4-6-10(7-5-9)13(14,15)16/h4-7,11H,3,8H2,1-2H3,(H,17,18)/t11-/m1/s1. The molecule has 1 aromatic rings. The minimum absolute atomic E-state index is 0.153. The third-order valence-corrected chi connectivity index (χ3v) is 2.67. The summed E-state index contributed by atoms with van der Waals surface area (Å²) in [5.74, 6) is -0.405. The average molecular weight is 275 g/mol. The summed E-state index contributed by atoms with van der Waals surface area (Å²) in [7, 11) is 1.52. The normalized spacial score (nSPS) is 13.1. The lowest BCUT2D eigenvalue weighted by Gasteiger charge is -2.16. The van der Waals surface area contributed by atoms with Gasteiger partial charge in [-0.05, 0) is 30.7 Å². The molecule has 0 saturated heterocycles. The SMILES string of the molecule is CC[C@H](COC)NC(=O)c1ccc(C(F)(F)F)cc1. The van der Waals surface area contributed by atoms with Crippen LogP contribution >= 0.6 is 0 Å². The van der Waals surface area contributed by atoms with Crippen LogP contribution in [0.3, 0.4) is 0 Å². The van der Waals surface area contributed by atoms with Crippen molar-refractivity contribution in [2.24, 2.45) is 0 Å². The van der Waals surface area contributed by atoms with Crippen LogP contribution in [0, 0.1) is 0 Å². The largest absolute Gasteiger partial charge is 0.416 e. The zero-order chi connectivity index (χ0) is 14.5. The Balaban J connectivity index is 2.73. The number of alkyl halides is 3. The van der Waals surface area contributed by atoms with Crippen molar-refractivity contribution in [1.29, 1.82) is 0 Å². The first kappa shape index (κ1) is 15.5. The highest BCUT2D eigenvalue weighted by molar-refractivity contribution is 5.94. The molecule has 3 nitrogen and oxygen atoms in total. The first-order valence-electron chi connectivity index (χ1n) is 5.85. The van der Waals surface area contributed by atoms with Crippen molar-refractivity contribution in [2.45, 2.75) is 25.6 Å². The van der Waals surface area contributed by atoms with E-state index in [4.69, 9.17) is 4.74 Å². The van der Waals surface area contributed by atoms with Crippen LogP contribution in [0.25, 0.3) is 0 Å². The number of carbonyl (C=O) groups is 1. The molecule has 0 heterocycles. The van der Waals surface area contributed by atoms with Crippen molar-refractivity contribution in [1.82, 2.24) is 5.32 Å². The van der Waals surface area contributed by atoms with Crippen molar-refractivity contribution in [3.63, 3.8) is 0 Å². The number of methoxy groups -OCH3 is 1. The number of ether oxygens (including phenoxy) is 1. The number of hydrogen-bond acceptors (Lipinski definition) is 2. The van der Waals surface area contributed by atoms with Gasteiger partial charge in [-0.25, -0.2) is 0 Å². The first-order valence-corrected chi connectivity index (χ1v) is 5.85. The molecular weight excluding hydrogens is 259 g/mol. The molecule has 1 rings (SSSR count). The van der Waals surface area contributed by atoms with Crippen LogP contribution in [-0.4, -0.2) is 25.7 Å². The average Bonchev–Trinajstić information content (AvgIpc) is 2.37. The van der Waals surface area contributed by atoms with Crippen LogP contribution in [-0.2, 0) is 10.9 Å². The van der Waals surface area contributed by atoms with Gasteiger partial charge in [-0.1, -0.05) is 6.92 Å². The van der Waals surface area contributed by atoms with Crippen molar-refractivity contribution < 1.29 is 22.7 Å². The van der Waals surface area contributed by atoms with E-state index in [1.165, 1.54) is 7.11 Å². The summed E-state index contributed by atoms with van der Waals surface area (Å²) in [5.41, 5.74) is -0.574. The molecule has 19 heavy (non-hydrogen) atoms. The molecule has 1 N–H and O–H groups in total. The summed E-state index contributed by atoms with van der Waals surface area (Å²) in [6.45, 7) is 2.25. The van der Waals surface area contributed by atoms with Gasteiger partial charge in [-0.15, -0.1) is 0 Å². The molecule has 0 aliphatic rings. The number of benzene rings is 1. The van der Waals surface area contributed by atoms with E-state index in [0.717, 1.165) is 24.3 Å². The molecule has 0 radical (unpaired) electrons. The lowest BCUT2D eigenvalue weighted by Crippen LogP contribution is -2.37.